The number of nitrogens with zero attached hydrogens (tertiary/aromatic N) is 2. The number of hydrogen-bond donors (Lipinski definition) is 0. The maximum absolute atomic E-state index is 13.3. The fraction of sp³-hybridized carbons (Fsp3) is 0.524. The normalized spacial score (nSPS) is 29.0. The minimum Gasteiger partial charge on any atom is -0.306 e. The van der Waals surface area contributed by atoms with Gasteiger partial charge < -0.3 is 4.90 Å². The second-order valence-electron chi connectivity index (χ2n) is 8.23. The van der Waals surface area contributed by atoms with E-state index in [0.717, 1.165) is 23.6 Å². The summed E-state index contributed by atoms with van der Waals surface area (Å²) < 4.78 is 28.3. The van der Waals surface area contributed by atoms with E-state index in [2.05, 4.69) is 19.0 Å². The van der Waals surface area contributed by atoms with E-state index < -0.39 is 10.0 Å². The predicted octanol–water partition coefficient (Wildman–Crippen LogP) is 3.58. The van der Waals surface area contributed by atoms with Crippen LogP contribution in [0.2, 0.25) is 0 Å². The average Bonchev–Trinajstić information content (AvgIpc) is 3.19. The van der Waals surface area contributed by atoms with Crippen LogP contribution in [0.5, 0.6) is 0 Å². The molecule has 4 atom stereocenters. The van der Waals surface area contributed by atoms with Crippen molar-refractivity contribution in [3.63, 3.8) is 0 Å². The highest BCUT2D eigenvalue weighted by Crippen LogP contribution is 2.47. The van der Waals surface area contributed by atoms with Gasteiger partial charge in [-0.05, 0) is 63.1 Å². The first-order valence-electron chi connectivity index (χ1n) is 9.50. The highest BCUT2D eigenvalue weighted by molar-refractivity contribution is 7.89. The van der Waals surface area contributed by atoms with Crippen LogP contribution in [0.15, 0.2) is 47.4 Å². The van der Waals surface area contributed by atoms with Crippen LogP contribution in [-0.2, 0) is 10.0 Å². The number of fused-ring (bicyclic) bond motifs is 2. The average molecular weight is 373 g/mol. The van der Waals surface area contributed by atoms with Crippen molar-refractivity contribution < 1.29 is 8.42 Å². The Morgan fingerprint density at radius 2 is 1.38 bits per heavy atom. The molecule has 2 aromatic rings. The molecule has 26 heavy (non-hydrogen) atoms. The van der Waals surface area contributed by atoms with Crippen molar-refractivity contribution in [3.8, 4) is 0 Å². The molecule has 0 heterocycles. The minimum absolute atomic E-state index is 0.122. The molecule has 0 amide bonds. The topological polar surface area (TPSA) is 40.6 Å². The molecule has 2 fully saturated rings. The zero-order valence-corrected chi connectivity index (χ0v) is 16.6. The lowest BCUT2D eigenvalue weighted by molar-refractivity contribution is 0.268. The molecular formula is C21H28N2O2S. The SMILES string of the molecule is CN(C)C1C[C@@H]2CC(N(C)S(=O)(=O)c3cccc4ccccc34)C[C@@H]2C1. The first kappa shape index (κ1) is 18.0. The lowest BCUT2D eigenvalue weighted by Gasteiger charge is -2.27. The molecule has 0 saturated heterocycles. The summed E-state index contributed by atoms with van der Waals surface area (Å²) in [6, 6.07) is 14.1. The van der Waals surface area contributed by atoms with Gasteiger partial charge in [-0.15, -0.1) is 0 Å². The minimum atomic E-state index is -3.49. The zero-order chi connectivity index (χ0) is 18.5. The van der Waals surface area contributed by atoms with E-state index in [0.29, 0.717) is 22.8 Å². The molecular weight excluding hydrogens is 344 g/mol. The summed E-state index contributed by atoms with van der Waals surface area (Å²) in [5, 5.41) is 1.78. The van der Waals surface area contributed by atoms with E-state index in [1.807, 2.05) is 36.4 Å². The summed E-state index contributed by atoms with van der Waals surface area (Å²) in [6.07, 6.45) is 4.40. The Morgan fingerprint density at radius 3 is 2.04 bits per heavy atom. The van der Waals surface area contributed by atoms with Gasteiger partial charge in [0.1, 0.15) is 0 Å². The third-order valence-electron chi connectivity index (χ3n) is 6.62. The summed E-state index contributed by atoms with van der Waals surface area (Å²) >= 11 is 0. The maximum atomic E-state index is 13.3. The van der Waals surface area contributed by atoms with Crippen LogP contribution in [0.1, 0.15) is 25.7 Å². The molecule has 0 N–H and O–H groups in total. The Hall–Kier alpha value is -1.43. The fourth-order valence-electron chi connectivity index (χ4n) is 5.04. The molecule has 0 bridgehead atoms. The molecule has 2 aliphatic carbocycles. The van der Waals surface area contributed by atoms with Gasteiger partial charge in [0.15, 0.2) is 0 Å². The first-order valence-corrected chi connectivity index (χ1v) is 10.9. The Balaban J connectivity index is 1.58. The number of benzene rings is 2. The highest BCUT2D eigenvalue weighted by atomic mass is 32.2. The van der Waals surface area contributed by atoms with Gasteiger partial charge in [-0.2, -0.15) is 4.31 Å². The highest BCUT2D eigenvalue weighted by Gasteiger charge is 2.45. The summed E-state index contributed by atoms with van der Waals surface area (Å²) in [7, 11) is 2.59. The third kappa shape index (κ3) is 2.96. The van der Waals surface area contributed by atoms with Crippen LogP contribution >= 0.6 is 0 Å². The molecule has 0 aliphatic heterocycles. The van der Waals surface area contributed by atoms with Gasteiger partial charge >= 0.3 is 0 Å². The van der Waals surface area contributed by atoms with Gasteiger partial charge in [0.2, 0.25) is 10.0 Å². The third-order valence-corrected chi connectivity index (χ3v) is 8.59. The lowest BCUT2D eigenvalue weighted by atomic mass is 10.0. The van der Waals surface area contributed by atoms with Crippen LogP contribution < -0.4 is 0 Å². The van der Waals surface area contributed by atoms with Crippen molar-refractivity contribution in [2.24, 2.45) is 11.8 Å². The van der Waals surface area contributed by atoms with E-state index in [1.165, 1.54) is 12.8 Å². The molecule has 2 aromatic carbocycles. The molecule has 0 radical (unpaired) electrons. The molecule has 2 saturated carbocycles. The number of hydrogen-bond acceptors (Lipinski definition) is 3. The Bertz CT molecular complexity index is 890. The molecule has 5 heteroatoms. The van der Waals surface area contributed by atoms with Crippen molar-refractivity contribution in [2.45, 2.75) is 42.7 Å². The molecule has 2 aliphatic rings. The number of sulfonamides is 1. The van der Waals surface area contributed by atoms with Gasteiger partial charge in [0.05, 0.1) is 4.90 Å². The van der Waals surface area contributed by atoms with E-state index in [-0.39, 0.29) is 6.04 Å². The molecule has 0 aromatic heterocycles. The van der Waals surface area contributed by atoms with Gasteiger partial charge in [0.25, 0.3) is 0 Å². The van der Waals surface area contributed by atoms with Gasteiger partial charge in [-0.25, -0.2) is 8.42 Å². The van der Waals surface area contributed by atoms with Crippen molar-refractivity contribution in [2.75, 3.05) is 21.1 Å². The molecule has 2 unspecified atom stereocenters. The van der Waals surface area contributed by atoms with E-state index >= 15 is 0 Å². The summed E-state index contributed by atoms with van der Waals surface area (Å²) in [5.41, 5.74) is 0. The first-order chi connectivity index (χ1) is 12.4. The van der Waals surface area contributed by atoms with E-state index in [1.54, 1.807) is 17.4 Å². The van der Waals surface area contributed by atoms with Crippen molar-refractivity contribution in [1.82, 2.24) is 9.21 Å². The Labute approximate surface area is 156 Å². The number of rotatable bonds is 4. The van der Waals surface area contributed by atoms with Gasteiger partial charge in [-0.1, -0.05) is 36.4 Å². The van der Waals surface area contributed by atoms with Gasteiger partial charge in [-0.3, -0.25) is 0 Å². The second-order valence-corrected chi connectivity index (χ2v) is 10.2. The van der Waals surface area contributed by atoms with Crippen LogP contribution in [0.3, 0.4) is 0 Å². The van der Waals surface area contributed by atoms with Crippen LogP contribution in [0.4, 0.5) is 0 Å². The molecule has 4 nitrogen and oxygen atoms in total. The quantitative estimate of drug-likeness (QED) is 0.824. The second kappa shape index (κ2) is 6.63. The largest absolute Gasteiger partial charge is 0.306 e. The lowest BCUT2D eigenvalue weighted by Crippen LogP contribution is -2.36. The van der Waals surface area contributed by atoms with Crippen molar-refractivity contribution in [3.05, 3.63) is 42.5 Å². The Morgan fingerprint density at radius 1 is 0.808 bits per heavy atom. The van der Waals surface area contributed by atoms with Crippen LogP contribution in [0.25, 0.3) is 10.8 Å². The fourth-order valence-corrected chi connectivity index (χ4v) is 6.63. The van der Waals surface area contributed by atoms with E-state index in [4.69, 9.17) is 0 Å². The summed E-state index contributed by atoms with van der Waals surface area (Å²) in [6.45, 7) is 0. The van der Waals surface area contributed by atoms with Crippen LogP contribution in [0, 0.1) is 11.8 Å². The standard InChI is InChI=1S/C21H28N2O2S/c1-22(2)18-11-16-13-19(14-17(16)12-18)23(3)26(24,25)21-10-6-8-15-7-4-5-9-20(15)21/h4-10,16-19H,11-14H2,1-3H3/t16-,17+,18?,19?. The summed E-state index contributed by atoms with van der Waals surface area (Å²) in [5.74, 6) is 1.33. The monoisotopic (exact) mass is 372 g/mol. The Kier molecular flexibility index (Phi) is 4.58. The molecule has 4 rings (SSSR count). The van der Waals surface area contributed by atoms with Gasteiger partial charge in [0, 0.05) is 24.5 Å². The van der Waals surface area contributed by atoms with E-state index in [9.17, 15) is 8.42 Å². The van der Waals surface area contributed by atoms with Crippen LogP contribution in [-0.4, -0.2) is 50.8 Å². The van der Waals surface area contributed by atoms with Crippen molar-refractivity contribution >= 4 is 20.8 Å². The predicted molar refractivity (Wildman–Crippen MR) is 106 cm³/mol. The van der Waals surface area contributed by atoms with Crippen molar-refractivity contribution in [1.29, 1.82) is 0 Å². The molecule has 0 spiro atoms. The maximum Gasteiger partial charge on any atom is 0.243 e. The smallest absolute Gasteiger partial charge is 0.243 e. The molecule has 140 valence electrons. The zero-order valence-electron chi connectivity index (χ0n) is 15.8. The summed E-state index contributed by atoms with van der Waals surface area (Å²) in [4.78, 5) is 2.76.